The zero-order valence-corrected chi connectivity index (χ0v) is 11.4. The Morgan fingerprint density at radius 2 is 2.21 bits per heavy atom. The van der Waals surface area contributed by atoms with Crippen molar-refractivity contribution in [1.82, 2.24) is 0 Å². The van der Waals surface area contributed by atoms with Gasteiger partial charge in [0.05, 0.1) is 0 Å². The van der Waals surface area contributed by atoms with Crippen molar-refractivity contribution in [2.75, 3.05) is 10.6 Å². The number of carbonyl (C=O) groups excluding carboxylic acids is 1. The Bertz CT molecular complexity index is 536. The lowest BCUT2D eigenvalue weighted by Crippen LogP contribution is -2.43. The number of hydrogen-bond acceptors (Lipinski definition) is 2. The quantitative estimate of drug-likeness (QED) is 0.814. The molecule has 0 saturated heterocycles. The van der Waals surface area contributed by atoms with E-state index in [0.717, 1.165) is 22.9 Å². The third-order valence-corrected chi connectivity index (χ3v) is 4.26. The first-order valence-electron chi connectivity index (χ1n) is 6.95. The Hall–Kier alpha value is -1.77. The van der Waals surface area contributed by atoms with Crippen LogP contribution in [0.5, 0.6) is 0 Å². The molecule has 100 valence electrons. The smallest absolute Gasteiger partial charge is 0.221 e. The van der Waals surface area contributed by atoms with Crippen LogP contribution in [-0.4, -0.2) is 11.9 Å². The van der Waals surface area contributed by atoms with E-state index in [1.165, 1.54) is 12.8 Å². The van der Waals surface area contributed by atoms with Gasteiger partial charge in [-0.25, -0.2) is 0 Å². The average Bonchev–Trinajstić information content (AvgIpc) is 2.71. The van der Waals surface area contributed by atoms with Crippen LogP contribution in [0.3, 0.4) is 0 Å². The van der Waals surface area contributed by atoms with Gasteiger partial charge in [-0.1, -0.05) is 18.2 Å². The van der Waals surface area contributed by atoms with Gasteiger partial charge < -0.3 is 10.6 Å². The lowest BCUT2D eigenvalue weighted by atomic mass is 9.71. The molecule has 1 aromatic carbocycles. The molecule has 3 nitrogen and oxygen atoms in total. The van der Waals surface area contributed by atoms with Crippen LogP contribution in [-0.2, 0) is 4.79 Å². The van der Waals surface area contributed by atoms with Crippen LogP contribution >= 0.6 is 0 Å². The van der Waals surface area contributed by atoms with E-state index < -0.39 is 0 Å². The summed E-state index contributed by atoms with van der Waals surface area (Å²) in [5.74, 6) is 1.53. The molecule has 1 aromatic rings. The van der Waals surface area contributed by atoms with E-state index >= 15 is 0 Å². The first-order valence-corrected chi connectivity index (χ1v) is 6.95. The lowest BCUT2D eigenvalue weighted by Gasteiger charge is -2.41. The van der Waals surface area contributed by atoms with E-state index in [1.807, 2.05) is 19.1 Å². The van der Waals surface area contributed by atoms with Gasteiger partial charge in [-0.15, -0.1) is 0 Å². The second-order valence-electron chi connectivity index (χ2n) is 5.70. The molecule has 3 heteroatoms. The number of allylic oxidation sites excluding steroid dienone is 1. The Morgan fingerprint density at radius 1 is 1.37 bits per heavy atom. The molecule has 0 spiro atoms. The summed E-state index contributed by atoms with van der Waals surface area (Å²) < 4.78 is 0. The minimum atomic E-state index is -0.0253. The van der Waals surface area contributed by atoms with Gasteiger partial charge in [0.1, 0.15) is 0 Å². The van der Waals surface area contributed by atoms with Gasteiger partial charge in [0, 0.05) is 30.3 Å². The molecule has 1 amide bonds. The number of carbonyl (C=O) groups is 1. The van der Waals surface area contributed by atoms with Gasteiger partial charge in [0.2, 0.25) is 5.91 Å². The maximum absolute atomic E-state index is 11.2. The molecule has 3 unspecified atom stereocenters. The molecule has 1 fully saturated rings. The molecule has 0 aliphatic heterocycles. The maximum Gasteiger partial charge on any atom is 0.221 e. The SMILES string of the molecule is CC(=O)Nc1cc(NC2CC3CC=CC32)ccc1C. The summed E-state index contributed by atoms with van der Waals surface area (Å²) in [6.07, 6.45) is 7.14. The lowest BCUT2D eigenvalue weighted by molar-refractivity contribution is -0.114. The van der Waals surface area contributed by atoms with E-state index in [-0.39, 0.29) is 5.91 Å². The fourth-order valence-electron chi connectivity index (χ4n) is 3.13. The van der Waals surface area contributed by atoms with Gasteiger partial charge in [-0.05, 0) is 43.4 Å². The van der Waals surface area contributed by atoms with E-state index in [9.17, 15) is 4.79 Å². The van der Waals surface area contributed by atoms with Crippen LogP contribution in [0.2, 0.25) is 0 Å². The molecule has 0 aromatic heterocycles. The number of benzene rings is 1. The van der Waals surface area contributed by atoms with Crippen molar-refractivity contribution >= 4 is 17.3 Å². The van der Waals surface area contributed by atoms with E-state index in [4.69, 9.17) is 0 Å². The van der Waals surface area contributed by atoms with Gasteiger partial charge in [-0.3, -0.25) is 4.79 Å². The third-order valence-electron chi connectivity index (χ3n) is 4.26. The monoisotopic (exact) mass is 256 g/mol. The zero-order valence-electron chi connectivity index (χ0n) is 11.4. The largest absolute Gasteiger partial charge is 0.382 e. The highest BCUT2D eigenvalue weighted by atomic mass is 16.1. The fourth-order valence-corrected chi connectivity index (χ4v) is 3.13. The Balaban J connectivity index is 1.71. The van der Waals surface area contributed by atoms with Crippen molar-refractivity contribution in [3.8, 4) is 0 Å². The third kappa shape index (κ3) is 2.37. The van der Waals surface area contributed by atoms with Gasteiger partial charge in [0.15, 0.2) is 0 Å². The molecule has 0 bridgehead atoms. The first-order chi connectivity index (χ1) is 9.13. The van der Waals surface area contributed by atoms with Crippen LogP contribution < -0.4 is 10.6 Å². The van der Waals surface area contributed by atoms with Crippen molar-refractivity contribution in [1.29, 1.82) is 0 Å². The summed E-state index contributed by atoms with van der Waals surface area (Å²) in [7, 11) is 0. The predicted octanol–water partition coefficient (Wildman–Crippen LogP) is 3.33. The Kier molecular flexibility index (Phi) is 3.05. The molecule has 0 radical (unpaired) electrons. The molecule has 1 saturated carbocycles. The van der Waals surface area contributed by atoms with Gasteiger partial charge in [0.25, 0.3) is 0 Å². The van der Waals surface area contributed by atoms with E-state index in [1.54, 1.807) is 6.92 Å². The van der Waals surface area contributed by atoms with Crippen molar-refractivity contribution in [2.45, 2.75) is 32.7 Å². The highest BCUT2D eigenvalue weighted by Crippen LogP contribution is 2.44. The number of hydrogen-bond donors (Lipinski definition) is 2. The minimum Gasteiger partial charge on any atom is -0.382 e. The summed E-state index contributed by atoms with van der Waals surface area (Å²) in [4.78, 5) is 11.2. The highest BCUT2D eigenvalue weighted by molar-refractivity contribution is 5.90. The summed E-state index contributed by atoms with van der Waals surface area (Å²) in [5.41, 5.74) is 3.08. The fraction of sp³-hybridized carbons (Fsp3) is 0.438. The van der Waals surface area contributed by atoms with Crippen molar-refractivity contribution in [3.05, 3.63) is 35.9 Å². The number of amides is 1. The Morgan fingerprint density at radius 3 is 2.95 bits per heavy atom. The summed E-state index contributed by atoms with van der Waals surface area (Å²) >= 11 is 0. The minimum absolute atomic E-state index is 0.0253. The predicted molar refractivity (Wildman–Crippen MR) is 78.2 cm³/mol. The molecule has 19 heavy (non-hydrogen) atoms. The summed E-state index contributed by atoms with van der Waals surface area (Å²) in [6, 6.07) is 6.72. The molecule has 2 aliphatic rings. The molecule has 2 N–H and O–H groups in total. The van der Waals surface area contributed by atoms with Crippen LogP contribution in [0.25, 0.3) is 0 Å². The second-order valence-corrected chi connectivity index (χ2v) is 5.70. The molecule has 3 rings (SSSR count). The number of rotatable bonds is 3. The summed E-state index contributed by atoms with van der Waals surface area (Å²) in [6.45, 7) is 3.55. The Labute approximate surface area is 114 Å². The summed E-state index contributed by atoms with van der Waals surface area (Å²) in [5, 5.41) is 6.46. The number of anilines is 2. The van der Waals surface area contributed by atoms with Crippen molar-refractivity contribution in [2.24, 2.45) is 11.8 Å². The standard InChI is InChI=1S/C16H20N2O/c1-10-6-7-13(9-15(10)17-11(2)19)18-16-8-12-4-3-5-14(12)16/h3,5-7,9,12,14,16,18H,4,8H2,1-2H3,(H,17,19). The molecular weight excluding hydrogens is 236 g/mol. The van der Waals surface area contributed by atoms with Crippen LogP contribution in [0.4, 0.5) is 11.4 Å². The first kappa shape index (κ1) is 12.3. The average molecular weight is 256 g/mol. The molecule has 0 heterocycles. The van der Waals surface area contributed by atoms with Gasteiger partial charge >= 0.3 is 0 Å². The number of fused-ring (bicyclic) bond motifs is 1. The van der Waals surface area contributed by atoms with E-state index in [0.29, 0.717) is 12.0 Å². The molecular formula is C16H20N2O. The zero-order chi connectivity index (χ0) is 13.4. The van der Waals surface area contributed by atoms with Crippen LogP contribution in [0.1, 0.15) is 25.3 Å². The van der Waals surface area contributed by atoms with Crippen LogP contribution in [0, 0.1) is 18.8 Å². The van der Waals surface area contributed by atoms with Crippen molar-refractivity contribution < 1.29 is 4.79 Å². The number of aryl methyl sites for hydroxylation is 1. The van der Waals surface area contributed by atoms with E-state index in [2.05, 4.69) is 28.9 Å². The van der Waals surface area contributed by atoms with Gasteiger partial charge in [-0.2, -0.15) is 0 Å². The highest BCUT2D eigenvalue weighted by Gasteiger charge is 2.40. The normalized spacial score (nSPS) is 27.6. The molecule has 2 aliphatic carbocycles. The number of nitrogens with one attached hydrogen (secondary N) is 2. The van der Waals surface area contributed by atoms with Crippen LogP contribution in [0.15, 0.2) is 30.4 Å². The van der Waals surface area contributed by atoms with Crippen molar-refractivity contribution in [3.63, 3.8) is 0 Å². The second kappa shape index (κ2) is 4.72. The topological polar surface area (TPSA) is 41.1 Å². The molecule has 3 atom stereocenters. The maximum atomic E-state index is 11.2.